The molecule has 1 N–H and O–H groups in total. The number of likely N-dealkylation sites (N-methyl/N-ethyl adjacent to an activating group) is 1. The molecule has 0 aliphatic carbocycles. The summed E-state index contributed by atoms with van der Waals surface area (Å²) in [7, 11) is 0. The van der Waals surface area contributed by atoms with E-state index in [2.05, 4.69) is 4.99 Å². The van der Waals surface area contributed by atoms with Crippen molar-refractivity contribution in [2.45, 2.75) is 26.9 Å². The lowest BCUT2D eigenvalue weighted by Gasteiger charge is -2.13. The maximum Gasteiger partial charge on any atom is 0.335 e. The summed E-state index contributed by atoms with van der Waals surface area (Å²) in [5.74, 6) is -0.567. The summed E-state index contributed by atoms with van der Waals surface area (Å²) in [6, 6.07) is 11.6. The van der Waals surface area contributed by atoms with E-state index < -0.39 is 5.97 Å². The number of rotatable bonds is 6. The minimum Gasteiger partial charge on any atom is -0.490 e. The Kier molecular flexibility index (Phi) is 6.84. The molecule has 2 aromatic carbocycles. The number of benzene rings is 2. The van der Waals surface area contributed by atoms with Gasteiger partial charge in [0.05, 0.1) is 22.3 Å². The van der Waals surface area contributed by atoms with Gasteiger partial charge in [-0.3, -0.25) is 9.69 Å². The maximum atomic E-state index is 12.9. The monoisotopic (exact) mass is 444 g/mol. The zero-order valence-electron chi connectivity index (χ0n) is 16.8. The summed E-state index contributed by atoms with van der Waals surface area (Å²) in [5.41, 5.74) is 1.31. The van der Waals surface area contributed by atoms with E-state index in [9.17, 15) is 14.7 Å². The van der Waals surface area contributed by atoms with E-state index >= 15 is 0 Å². The van der Waals surface area contributed by atoms with Gasteiger partial charge in [-0.15, -0.1) is 0 Å². The molecule has 1 saturated heterocycles. The highest BCUT2D eigenvalue weighted by Gasteiger charge is 2.32. The third-order valence-electron chi connectivity index (χ3n) is 4.14. The lowest BCUT2D eigenvalue weighted by molar-refractivity contribution is -0.122. The number of amidine groups is 1. The molecule has 6 nitrogen and oxygen atoms in total. The van der Waals surface area contributed by atoms with Gasteiger partial charge in [-0.05, 0) is 75.0 Å². The summed E-state index contributed by atoms with van der Waals surface area (Å²) in [4.78, 5) is 30.7. The number of nitrogens with zero attached hydrogens (tertiary/aromatic N) is 2. The first-order valence-corrected chi connectivity index (χ1v) is 10.6. The van der Waals surface area contributed by atoms with Crippen LogP contribution in [-0.4, -0.2) is 39.7 Å². The highest BCUT2D eigenvalue weighted by atomic mass is 35.5. The molecule has 1 amide bonds. The van der Waals surface area contributed by atoms with Gasteiger partial charge in [0, 0.05) is 17.1 Å². The Morgan fingerprint density at radius 1 is 1.30 bits per heavy atom. The fourth-order valence-electron chi connectivity index (χ4n) is 2.82. The van der Waals surface area contributed by atoms with Crippen LogP contribution in [0, 0.1) is 0 Å². The molecular weight excluding hydrogens is 424 g/mol. The second-order valence-electron chi connectivity index (χ2n) is 6.76. The number of aliphatic imine (C=N–C) groups is 1. The van der Waals surface area contributed by atoms with Crippen LogP contribution >= 0.6 is 23.4 Å². The number of ether oxygens (including phenoxy) is 1. The summed E-state index contributed by atoms with van der Waals surface area (Å²) >= 11 is 7.38. The number of halogens is 1. The molecule has 0 aromatic heterocycles. The van der Waals surface area contributed by atoms with Crippen molar-refractivity contribution in [2.24, 2.45) is 4.99 Å². The molecule has 30 heavy (non-hydrogen) atoms. The highest BCUT2D eigenvalue weighted by molar-refractivity contribution is 8.18. The van der Waals surface area contributed by atoms with Gasteiger partial charge in [-0.2, -0.15) is 0 Å². The van der Waals surface area contributed by atoms with Crippen LogP contribution in [0.1, 0.15) is 36.7 Å². The zero-order chi connectivity index (χ0) is 21.8. The van der Waals surface area contributed by atoms with E-state index in [0.29, 0.717) is 38.6 Å². The molecule has 0 unspecified atom stereocenters. The number of aromatic carboxylic acids is 1. The first-order valence-electron chi connectivity index (χ1n) is 9.38. The van der Waals surface area contributed by atoms with Gasteiger partial charge in [0.25, 0.3) is 5.91 Å². The Morgan fingerprint density at radius 3 is 2.73 bits per heavy atom. The molecule has 1 heterocycles. The number of hydrogen-bond acceptors (Lipinski definition) is 5. The summed E-state index contributed by atoms with van der Waals surface area (Å²) in [6.45, 7) is 6.15. The Hall–Kier alpha value is -2.77. The Bertz CT molecular complexity index is 1050. The van der Waals surface area contributed by atoms with E-state index in [1.54, 1.807) is 41.3 Å². The van der Waals surface area contributed by atoms with Crippen LogP contribution in [0.15, 0.2) is 52.4 Å². The number of amides is 1. The number of carboxylic acid groups (broad SMARTS) is 1. The lowest BCUT2D eigenvalue weighted by Crippen LogP contribution is -2.28. The summed E-state index contributed by atoms with van der Waals surface area (Å²) in [6.07, 6.45) is 1.72. The molecule has 0 spiro atoms. The van der Waals surface area contributed by atoms with Crippen LogP contribution in [0.5, 0.6) is 5.75 Å². The van der Waals surface area contributed by atoms with E-state index in [1.807, 2.05) is 20.8 Å². The molecule has 156 valence electrons. The second kappa shape index (κ2) is 9.36. The zero-order valence-corrected chi connectivity index (χ0v) is 18.3. The smallest absolute Gasteiger partial charge is 0.335 e. The Morgan fingerprint density at radius 2 is 2.07 bits per heavy atom. The average Bonchev–Trinajstić information content (AvgIpc) is 2.98. The van der Waals surface area contributed by atoms with Crippen molar-refractivity contribution in [3.8, 4) is 5.75 Å². The molecule has 1 aliphatic rings. The van der Waals surface area contributed by atoms with Crippen molar-refractivity contribution in [3.05, 3.63) is 63.5 Å². The third kappa shape index (κ3) is 5.04. The second-order valence-corrected chi connectivity index (χ2v) is 8.20. The van der Waals surface area contributed by atoms with Crippen molar-refractivity contribution >= 4 is 52.2 Å². The van der Waals surface area contributed by atoms with Crippen molar-refractivity contribution < 1.29 is 19.4 Å². The van der Waals surface area contributed by atoms with E-state index in [1.165, 1.54) is 23.9 Å². The van der Waals surface area contributed by atoms with Crippen molar-refractivity contribution in [1.29, 1.82) is 0 Å². The minimum absolute atomic E-state index is 0.0268. The average molecular weight is 445 g/mol. The highest BCUT2D eigenvalue weighted by Crippen LogP contribution is 2.36. The number of carboxylic acids is 1. The molecular formula is C22H21ClN2O4S. The van der Waals surface area contributed by atoms with E-state index in [4.69, 9.17) is 16.3 Å². The van der Waals surface area contributed by atoms with Crippen molar-refractivity contribution in [1.82, 2.24) is 4.90 Å². The topological polar surface area (TPSA) is 79.2 Å². The quantitative estimate of drug-likeness (QED) is 0.599. The van der Waals surface area contributed by atoms with Crippen LogP contribution < -0.4 is 4.74 Å². The van der Waals surface area contributed by atoms with E-state index in [0.717, 1.165) is 0 Å². The van der Waals surface area contributed by atoms with Gasteiger partial charge in [-0.25, -0.2) is 9.79 Å². The van der Waals surface area contributed by atoms with Crippen LogP contribution in [0.4, 0.5) is 5.69 Å². The lowest BCUT2D eigenvalue weighted by atomic mass is 10.1. The molecule has 8 heteroatoms. The van der Waals surface area contributed by atoms with Gasteiger partial charge >= 0.3 is 5.97 Å². The predicted octanol–water partition coefficient (Wildman–Crippen LogP) is 5.45. The summed E-state index contributed by atoms with van der Waals surface area (Å²) in [5, 5.41) is 10.2. The van der Waals surface area contributed by atoms with Crippen molar-refractivity contribution in [2.75, 3.05) is 6.54 Å². The summed E-state index contributed by atoms with van der Waals surface area (Å²) < 4.78 is 5.83. The number of carbonyl (C=O) groups excluding carboxylic acids is 1. The fraction of sp³-hybridized carbons (Fsp3) is 0.227. The molecule has 0 bridgehead atoms. The Balaban J connectivity index is 1.98. The van der Waals surface area contributed by atoms with Gasteiger partial charge in [0.2, 0.25) is 0 Å². The molecule has 0 radical (unpaired) electrons. The number of hydrogen-bond donors (Lipinski definition) is 1. The fourth-order valence-corrected chi connectivity index (χ4v) is 4.06. The third-order valence-corrected chi connectivity index (χ3v) is 5.38. The standard InChI is InChI=1S/C22H21ClN2O4S/c1-4-25-20(26)19(12-15-10-16(23)8-9-18(15)29-13(2)3)30-22(25)24-17-7-5-6-14(11-17)21(27)28/h5-13H,4H2,1-3H3,(H,27,28)/b19-12+,24-22?. The SMILES string of the molecule is CCN1C(=O)/C(=C\c2cc(Cl)ccc2OC(C)C)SC1=Nc1cccc(C(=O)O)c1. The van der Waals surface area contributed by atoms with Gasteiger partial charge < -0.3 is 9.84 Å². The normalized spacial score (nSPS) is 16.7. The minimum atomic E-state index is -1.03. The maximum absolute atomic E-state index is 12.9. The predicted molar refractivity (Wildman–Crippen MR) is 121 cm³/mol. The Labute approximate surface area is 184 Å². The molecule has 1 fully saturated rings. The molecule has 2 aromatic rings. The van der Waals surface area contributed by atoms with Crippen LogP contribution in [0.3, 0.4) is 0 Å². The molecule has 3 rings (SSSR count). The van der Waals surface area contributed by atoms with Gasteiger partial charge in [0.15, 0.2) is 5.17 Å². The van der Waals surface area contributed by atoms with Crippen LogP contribution in [0.2, 0.25) is 5.02 Å². The van der Waals surface area contributed by atoms with Gasteiger partial charge in [-0.1, -0.05) is 17.7 Å². The van der Waals surface area contributed by atoms with E-state index in [-0.39, 0.29) is 17.6 Å². The molecule has 1 aliphatic heterocycles. The van der Waals surface area contributed by atoms with Gasteiger partial charge in [0.1, 0.15) is 5.75 Å². The number of thioether (sulfide) groups is 1. The first-order chi connectivity index (χ1) is 14.3. The molecule has 0 saturated carbocycles. The largest absolute Gasteiger partial charge is 0.490 e. The molecule has 0 atom stereocenters. The first kappa shape index (κ1) is 21.9. The van der Waals surface area contributed by atoms with Crippen LogP contribution in [-0.2, 0) is 4.79 Å². The van der Waals surface area contributed by atoms with Crippen molar-refractivity contribution in [3.63, 3.8) is 0 Å². The van der Waals surface area contributed by atoms with Crippen LogP contribution in [0.25, 0.3) is 6.08 Å². The number of carbonyl (C=O) groups is 2.